The number of rotatable bonds is 3. The van der Waals surface area contributed by atoms with E-state index in [4.69, 9.17) is 0 Å². The Labute approximate surface area is 88.3 Å². The molecule has 0 saturated carbocycles. The second kappa shape index (κ2) is 4.00. The van der Waals surface area contributed by atoms with Gasteiger partial charge in [0.1, 0.15) is 5.60 Å². The maximum absolute atomic E-state index is 11.6. The van der Waals surface area contributed by atoms with Crippen LogP contribution in [0.2, 0.25) is 0 Å². The summed E-state index contributed by atoms with van der Waals surface area (Å²) >= 11 is 0. The molecule has 0 unspecified atom stereocenters. The van der Waals surface area contributed by atoms with Crippen molar-refractivity contribution in [2.45, 2.75) is 5.60 Å². The third kappa shape index (κ3) is 2.34. The summed E-state index contributed by atoms with van der Waals surface area (Å²) < 4.78 is 0. The van der Waals surface area contributed by atoms with E-state index in [1.165, 1.54) is 0 Å². The Balaban J connectivity index is 1.88. The highest BCUT2D eigenvalue weighted by Gasteiger charge is 2.34. The van der Waals surface area contributed by atoms with Crippen molar-refractivity contribution in [3.63, 3.8) is 0 Å². The maximum atomic E-state index is 11.6. The van der Waals surface area contributed by atoms with Gasteiger partial charge in [-0.1, -0.05) is 18.2 Å². The van der Waals surface area contributed by atoms with Crippen LogP contribution >= 0.6 is 0 Å². The van der Waals surface area contributed by atoms with E-state index in [0.29, 0.717) is 25.2 Å². The molecule has 1 heterocycles. The first-order valence-electron chi connectivity index (χ1n) is 4.96. The van der Waals surface area contributed by atoms with Gasteiger partial charge in [-0.3, -0.25) is 4.79 Å². The standard InChI is InChI=1S/C11H14N2O2/c14-10(9-4-2-1-3-5-9)13-8-11(15)6-12-7-11/h1-5,12,15H,6-8H2,(H,13,14). The molecule has 15 heavy (non-hydrogen) atoms. The summed E-state index contributed by atoms with van der Waals surface area (Å²) in [4.78, 5) is 11.6. The lowest BCUT2D eigenvalue weighted by atomic mass is 9.97. The Morgan fingerprint density at radius 3 is 2.60 bits per heavy atom. The number of amides is 1. The zero-order valence-electron chi connectivity index (χ0n) is 8.36. The Morgan fingerprint density at radius 1 is 1.40 bits per heavy atom. The molecule has 1 amide bonds. The zero-order valence-corrected chi connectivity index (χ0v) is 8.36. The smallest absolute Gasteiger partial charge is 0.251 e. The van der Waals surface area contributed by atoms with Crippen LogP contribution in [0.4, 0.5) is 0 Å². The number of carbonyl (C=O) groups excluding carboxylic acids is 1. The summed E-state index contributed by atoms with van der Waals surface area (Å²) in [6.45, 7) is 1.39. The minimum Gasteiger partial charge on any atom is -0.385 e. The Bertz CT molecular complexity index is 347. The van der Waals surface area contributed by atoms with Crippen molar-refractivity contribution in [2.75, 3.05) is 19.6 Å². The summed E-state index contributed by atoms with van der Waals surface area (Å²) in [5.74, 6) is -0.143. The fraction of sp³-hybridized carbons (Fsp3) is 0.364. The Morgan fingerprint density at radius 2 is 2.07 bits per heavy atom. The van der Waals surface area contributed by atoms with Crippen molar-refractivity contribution in [1.29, 1.82) is 0 Å². The predicted molar refractivity (Wildman–Crippen MR) is 56.6 cm³/mol. The molecule has 0 aliphatic carbocycles. The fourth-order valence-electron chi connectivity index (χ4n) is 1.47. The number of carbonyl (C=O) groups is 1. The first kappa shape index (κ1) is 10.1. The molecule has 0 atom stereocenters. The van der Waals surface area contributed by atoms with Crippen LogP contribution in [0.15, 0.2) is 30.3 Å². The van der Waals surface area contributed by atoms with E-state index in [9.17, 15) is 9.90 Å². The van der Waals surface area contributed by atoms with Crippen molar-refractivity contribution < 1.29 is 9.90 Å². The molecule has 4 heteroatoms. The van der Waals surface area contributed by atoms with Crippen LogP contribution in [-0.4, -0.2) is 36.2 Å². The van der Waals surface area contributed by atoms with Crippen molar-refractivity contribution >= 4 is 5.91 Å². The van der Waals surface area contributed by atoms with Gasteiger partial charge in [0.15, 0.2) is 0 Å². The molecular formula is C11H14N2O2. The number of aliphatic hydroxyl groups is 1. The van der Waals surface area contributed by atoms with E-state index in [1.54, 1.807) is 12.1 Å². The van der Waals surface area contributed by atoms with Crippen LogP contribution in [0.25, 0.3) is 0 Å². The molecule has 80 valence electrons. The average Bonchev–Trinajstić information content (AvgIpc) is 2.24. The average molecular weight is 206 g/mol. The molecule has 2 rings (SSSR count). The Kier molecular flexibility index (Phi) is 2.70. The molecule has 3 N–H and O–H groups in total. The number of hydrogen-bond donors (Lipinski definition) is 3. The van der Waals surface area contributed by atoms with Gasteiger partial charge in [-0.15, -0.1) is 0 Å². The topological polar surface area (TPSA) is 61.4 Å². The number of nitrogens with one attached hydrogen (secondary N) is 2. The zero-order chi connectivity index (χ0) is 10.7. The van der Waals surface area contributed by atoms with Crippen LogP contribution in [0, 0.1) is 0 Å². The van der Waals surface area contributed by atoms with Gasteiger partial charge in [0.2, 0.25) is 0 Å². The van der Waals surface area contributed by atoms with Gasteiger partial charge in [-0.2, -0.15) is 0 Å². The van der Waals surface area contributed by atoms with Gasteiger partial charge in [-0.05, 0) is 12.1 Å². The van der Waals surface area contributed by atoms with E-state index in [1.807, 2.05) is 18.2 Å². The van der Waals surface area contributed by atoms with E-state index in [0.717, 1.165) is 0 Å². The second-order valence-corrected chi connectivity index (χ2v) is 3.88. The van der Waals surface area contributed by atoms with E-state index >= 15 is 0 Å². The highest BCUT2D eigenvalue weighted by atomic mass is 16.3. The van der Waals surface area contributed by atoms with Crippen molar-refractivity contribution in [3.05, 3.63) is 35.9 Å². The summed E-state index contributed by atoms with van der Waals surface area (Å²) in [6.07, 6.45) is 0. The molecule has 0 bridgehead atoms. The van der Waals surface area contributed by atoms with Gasteiger partial charge in [-0.25, -0.2) is 0 Å². The first-order chi connectivity index (χ1) is 7.20. The lowest BCUT2D eigenvalue weighted by Gasteiger charge is -2.37. The van der Waals surface area contributed by atoms with Crippen molar-refractivity contribution in [1.82, 2.24) is 10.6 Å². The van der Waals surface area contributed by atoms with Crippen LogP contribution in [-0.2, 0) is 0 Å². The summed E-state index contributed by atoms with van der Waals surface area (Å²) in [7, 11) is 0. The van der Waals surface area contributed by atoms with Gasteiger partial charge in [0.25, 0.3) is 5.91 Å². The molecule has 1 aliphatic rings. The summed E-state index contributed by atoms with van der Waals surface area (Å²) in [5, 5.41) is 15.4. The molecular weight excluding hydrogens is 192 g/mol. The molecule has 1 saturated heterocycles. The number of benzene rings is 1. The van der Waals surface area contributed by atoms with Crippen LogP contribution in [0.5, 0.6) is 0 Å². The normalized spacial score (nSPS) is 17.9. The van der Waals surface area contributed by atoms with Crippen molar-refractivity contribution in [2.24, 2.45) is 0 Å². The third-order valence-electron chi connectivity index (χ3n) is 2.52. The van der Waals surface area contributed by atoms with E-state index in [-0.39, 0.29) is 5.91 Å². The quantitative estimate of drug-likeness (QED) is 0.639. The van der Waals surface area contributed by atoms with Crippen LogP contribution in [0.1, 0.15) is 10.4 Å². The minimum absolute atomic E-state index is 0.143. The molecule has 1 aromatic carbocycles. The lowest BCUT2D eigenvalue weighted by molar-refractivity contribution is -0.00759. The largest absolute Gasteiger partial charge is 0.385 e. The Hall–Kier alpha value is -1.39. The summed E-state index contributed by atoms with van der Waals surface area (Å²) in [6, 6.07) is 8.99. The van der Waals surface area contributed by atoms with Crippen molar-refractivity contribution in [3.8, 4) is 0 Å². The minimum atomic E-state index is -0.759. The molecule has 1 fully saturated rings. The monoisotopic (exact) mass is 206 g/mol. The van der Waals surface area contributed by atoms with Gasteiger partial charge in [0.05, 0.1) is 0 Å². The SMILES string of the molecule is O=C(NCC1(O)CNC1)c1ccccc1. The van der Waals surface area contributed by atoms with Gasteiger partial charge >= 0.3 is 0 Å². The molecule has 0 spiro atoms. The van der Waals surface area contributed by atoms with Gasteiger partial charge < -0.3 is 15.7 Å². The highest BCUT2D eigenvalue weighted by Crippen LogP contribution is 2.08. The third-order valence-corrected chi connectivity index (χ3v) is 2.52. The van der Waals surface area contributed by atoms with Crippen LogP contribution < -0.4 is 10.6 Å². The lowest BCUT2D eigenvalue weighted by Crippen LogP contribution is -2.64. The summed E-state index contributed by atoms with van der Waals surface area (Å²) in [5.41, 5.74) is -0.141. The molecule has 4 nitrogen and oxygen atoms in total. The number of hydrogen-bond acceptors (Lipinski definition) is 3. The van der Waals surface area contributed by atoms with E-state index < -0.39 is 5.60 Å². The molecule has 0 aromatic heterocycles. The first-order valence-corrected chi connectivity index (χ1v) is 4.96. The predicted octanol–water partition coefficient (Wildman–Crippen LogP) is -0.249. The van der Waals surface area contributed by atoms with Crippen LogP contribution in [0.3, 0.4) is 0 Å². The van der Waals surface area contributed by atoms with Gasteiger partial charge in [0, 0.05) is 25.2 Å². The second-order valence-electron chi connectivity index (χ2n) is 3.88. The molecule has 1 aromatic rings. The maximum Gasteiger partial charge on any atom is 0.251 e. The highest BCUT2D eigenvalue weighted by molar-refractivity contribution is 5.94. The molecule has 1 aliphatic heterocycles. The molecule has 0 radical (unpaired) electrons. The van der Waals surface area contributed by atoms with E-state index in [2.05, 4.69) is 10.6 Å². The fourth-order valence-corrected chi connectivity index (χ4v) is 1.47. The number of β-amino-alcohol motifs (C(OH)–C–C–N with tert-alkyl or cyclic N) is 1.